The van der Waals surface area contributed by atoms with E-state index in [-0.39, 0.29) is 11.3 Å². The van der Waals surface area contributed by atoms with Crippen LogP contribution in [0.1, 0.15) is 5.56 Å². The maximum Gasteiger partial charge on any atom is 0.336 e. The molecule has 0 spiro atoms. The molecule has 2 aromatic carbocycles. The lowest BCUT2D eigenvalue weighted by Crippen LogP contribution is -2.54. The zero-order chi connectivity index (χ0) is 17.3. The van der Waals surface area contributed by atoms with Gasteiger partial charge in [0, 0.05) is 4.47 Å². The summed E-state index contributed by atoms with van der Waals surface area (Å²) in [4.78, 5) is 37.2. The Morgan fingerprint density at radius 1 is 1.04 bits per heavy atom. The molecule has 0 saturated carbocycles. The molecule has 0 unspecified atom stereocenters. The fraction of sp³-hybridized carbons (Fsp3) is 0. The third kappa shape index (κ3) is 2.98. The molecule has 1 aliphatic rings. The first-order valence-electron chi connectivity index (χ1n) is 6.89. The van der Waals surface area contributed by atoms with Crippen LogP contribution in [0.3, 0.4) is 0 Å². The summed E-state index contributed by atoms with van der Waals surface area (Å²) < 4.78 is 14.7. The number of hydrogen-bond acceptors (Lipinski definition) is 3. The van der Waals surface area contributed by atoms with Crippen LogP contribution in [0.5, 0.6) is 0 Å². The van der Waals surface area contributed by atoms with Gasteiger partial charge in [-0.25, -0.2) is 14.1 Å². The molecule has 0 aromatic heterocycles. The van der Waals surface area contributed by atoms with E-state index in [2.05, 4.69) is 21.2 Å². The highest BCUT2D eigenvalue weighted by molar-refractivity contribution is 9.10. The van der Waals surface area contributed by atoms with Gasteiger partial charge < -0.3 is 0 Å². The number of rotatable bonds is 2. The zero-order valence-electron chi connectivity index (χ0n) is 12.1. The van der Waals surface area contributed by atoms with E-state index in [9.17, 15) is 18.8 Å². The fourth-order valence-corrected chi connectivity index (χ4v) is 2.69. The standard InChI is InChI=1S/C17H10BrFN2O3/c18-11-5-3-4-10(8-11)9-12-15(22)20-17(24)21(16(12)23)14-7-2-1-6-13(14)19/h1-9H,(H,20,22,24)/b12-9-. The summed E-state index contributed by atoms with van der Waals surface area (Å²) in [5.41, 5.74) is 0.120. The molecule has 5 nitrogen and oxygen atoms in total. The number of carbonyl (C=O) groups is 3. The molecule has 1 N–H and O–H groups in total. The fourth-order valence-electron chi connectivity index (χ4n) is 2.27. The molecular formula is C17H10BrFN2O3. The Morgan fingerprint density at radius 3 is 2.50 bits per heavy atom. The van der Waals surface area contributed by atoms with Crippen LogP contribution in [-0.4, -0.2) is 17.8 Å². The number of barbiturate groups is 1. The molecule has 120 valence electrons. The van der Waals surface area contributed by atoms with Gasteiger partial charge in [-0.1, -0.05) is 40.2 Å². The number of halogens is 2. The molecule has 1 saturated heterocycles. The molecule has 3 rings (SSSR count). The number of hydrogen-bond donors (Lipinski definition) is 1. The van der Waals surface area contributed by atoms with E-state index in [1.54, 1.807) is 24.3 Å². The molecule has 0 radical (unpaired) electrons. The van der Waals surface area contributed by atoms with E-state index in [1.165, 1.54) is 24.3 Å². The number of nitrogens with one attached hydrogen (secondary N) is 1. The molecule has 0 atom stereocenters. The van der Waals surface area contributed by atoms with Crippen LogP contribution >= 0.6 is 15.9 Å². The van der Waals surface area contributed by atoms with Gasteiger partial charge in [-0.05, 0) is 35.9 Å². The summed E-state index contributed by atoms with van der Waals surface area (Å²) >= 11 is 3.30. The maximum absolute atomic E-state index is 13.9. The molecule has 1 fully saturated rings. The van der Waals surface area contributed by atoms with Crippen molar-refractivity contribution in [2.24, 2.45) is 0 Å². The van der Waals surface area contributed by atoms with Gasteiger partial charge in [-0.3, -0.25) is 14.9 Å². The van der Waals surface area contributed by atoms with Gasteiger partial charge in [0.15, 0.2) is 0 Å². The first-order chi connectivity index (χ1) is 11.5. The molecule has 24 heavy (non-hydrogen) atoms. The van der Waals surface area contributed by atoms with Crippen molar-refractivity contribution < 1.29 is 18.8 Å². The highest BCUT2D eigenvalue weighted by Crippen LogP contribution is 2.24. The Morgan fingerprint density at radius 2 is 1.79 bits per heavy atom. The quantitative estimate of drug-likeness (QED) is 0.634. The lowest BCUT2D eigenvalue weighted by Gasteiger charge is -2.26. The topological polar surface area (TPSA) is 66.5 Å². The second-order valence-corrected chi connectivity index (χ2v) is 5.88. The summed E-state index contributed by atoms with van der Waals surface area (Å²) in [5.74, 6) is -2.44. The molecule has 0 bridgehead atoms. The van der Waals surface area contributed by atoms with E-state index < -0.39 is 23.7 Å². The number of benzene rings is 2. The SMILES string of the molecule is O=C1NC(=O)N(c2ccccc2F)C(=O)/C1=C\c1cccc(Br)c1. The minimum Gasteiger partial charge on any atom is -0.273 e. The highest BCUT2D eigenvalue weighted by Gasteiger charge is 2.37. The Hall–Kier alpha value is -2.80. The highest BCUT2D eigenvalue weighted by atomic mass is 79.9. The smallest absolute Gasteiger partial charge is 0.273 e. The minimum absolute atomic E-state index is 0.215. The van der Waals surface area contributed by atoms with Gasteiger partial charge in [-0.15, -0.1) is 0 Å². The van der Waals surface area contributed by atoms with Crippen LogP contribution in [0.25, 0.3) is 6.08 Å². The Labute approximate surface area is 144 Å². The van der Waals surface area contributed by atoms with Gasteiger partial charge in [0.1, 0.15) is 11.4 Å². The van der Waals surface area contributed by atoms with Gasteiger partial charge >= 0.3 is 6.03 Å². The Balaban J connectivity index is 2.05. The minimum atomic E-state index is -0.985. The van der Waals surface area contributed by atoms with Gasteiger partial charge in [0.2, 0.25) is 0 Å². The zero-order valence-corrected chi connectivity index (χ0v) is 13.7. The number of anilines is 1. The number of nitrogens with zero attached hydrogens (tertiary/aromatic N) is 1. The van der Waals surface area contributed by atoms with Crippen molar-refractivity contribution in [1.82, 2.24) is 5.32 Å². The van der Waals surface area contributed by atoms with Crippen LogP contribution in [0.2, 0.25) is 0 Å². The number of imide groups is 2. The predicted octanol–water partition coefficient (Wildman–Crippen LogP) is 3.25. The van der Waals surface area contributed by atoms with Crippen molar-refractivity contribution in [1.29, 1.82) is 0 Å². The Kier molecular flexibility index (Phi) is 4.26. The van der Waals surface area contributed by atoms with E-state index in [1.807, 2.05) is 0 Å². The molecule has 4 amide bonds. The first-order valence-corrected chi connectivity index (χ1v) is 7.68. The van der Waals surface area contributed by atoms with Crippen LogP contribution in [0.4, 0.5) is 14.9 Å². The van der Waals surface area contributed by atoms with E-state index in [0.29, 0.717) is 10.5 Å². The summed E-state index contributed by atoms with van der Waals surface area (Å²) in [5, 5.41) is 2.05. The summed E-state index contributed by atoms with van der Waals surface area (Å²) in [6.45, 7) is 0. The van der Waals surface area contributed by atoms with Gasteiger partial charge in [0.25, 0.3) is 11.8 Å². The summed E-state index contributed by atoms with van der Waals surface area (Å²) in [7, 11) is 0. The van der Waals surface area contributed by atoms with Gasteiger partial charge in [0.05, 0.1) is 5.69 Å². The van der Waals surface area contributed by atoms with E-state index in [4.69, 9.17) is 0 Å². The van der Waals surface area contributed by atoms with Crippen LogP contribution in [-0.2, 0) is 9.59 Å². The van der Waals surface area contributed by atoms with Crippen molar-refractivity contribution in [2.75, 3.05) is 4.90 Å². The molecule has 0 aliphatic carbocycles. The van der Waals surface area contributed by atoms with Crippen molar-refractivity contribution >= 4 is 45.5 Å². The van der Waals surface area contributed by atoms with Crippen molar-refractivity contribution in [3.63, 3.8) is 0 Å². The van der Waals surface area contributed by atoms with Gasteiger partial charge in [-0.2, -0.15) is 0 Å². The molecular weight excluding hydrogens is 379 g/mol. The molecule has 2 aromatic rings. The number of para-hydroxylation sites is 1. The predicted molar refractivity (Wildman–Crippen MR) is 89.5 cm³/mol. The van der Waals surface area contributed by atoms with Crippen molar-refractivity contribution in [2.45, 2.75) is 0 Å². The molecule has 1 aliphatic heterocycles. The third-order valence-electron chi connectivity index (χ3n) is 3.35. The second kappa shape index (κ2) is 6.37. The van der Waals surface area contributed by atoms with Crippen LogP contribution in [0.15, 0.2) is 58.6 Å². The summed E-state index contributed by atoms with van der Waals surface area (Å²) in [6.07, 6.45) is 1.35. The second-order valence-electron chi connectivity index (χ2n) is 4.96. The van der Waals surface area contributed by atoms with Crippen LogP contribution < -0.4 is 10.2 Å². The average molecular weight is 389 g/mol. The third-order valence-corrected chi connectivity index (χ3v) is 3.85. The normalized spacial score (nSPS) is 16.5. The number of carbonyl (C=O) groups excluding carboxylic acids is 3. The number of urea groups is 1. The van der Waals surface area contributed by atoms with Crippen LogP contribution in [0, 0.1) is 5.82 Å². The average Bonchev–Trinajstić information content (AvgIpc) is 2.53. The lowest BCUT2D eigenvalue weighted by atomic mass is 10.1. The van der Waals surface area contributed by atoms with Crippen molar-refractivity contribution in [3.05, 3.63) is 70.0 Å². The number of amides is 4. The molecule has 7 heteroatoms. The molecule has 1 heterocycles. The largest absolute Gasteiger partial charge is 0.336 e. The monoisotopic (exact) mass is 388 g/mol. The maximum atomic E-state index is 13.9. The van der Waals surface area contributed by atoms with E-state index >= 15 is 0 Å². The Bertz CT molecular complexity index is 895. The van der Waals surface area contributed by atoms with Crippen molar-refractivity contribution in [3.8, 4) is 0 Å². The lowest BCUT2D eigenvalue weighted by molar-refractivity contribution is -0.122. The van der Waals surface area contributed by atoms with E-state index in [0.717, 1.165) is 10.5 Å². The summed E-state index contributed by atoms with van der Waals surface area (Å²) in [6, 6.07) is 11.3. The first kappa shape index (κ1) is 16.1.